The quantitative estimate of drug-likeness (QED) is 0.588. The second-order valence-corrected chi connectivity index (χ2v) is 4.90. The first kappa shape index (κ1) is 10.7. The summed E-state index contributed by atoms with van der Waals surface area (Å²) in [5, 5.41) is 0.533. The number of nitrogens with one attached hydrogen (secondary N) is 1. The largest absolute Gasteiger partial charge is 0.315 e. The second-order valence-electron chi connectivity index (χ2n) is 4.46. The summed E-state index contributed by atoms with van der Waals surface area (Å²) in [6, 6.07) is 6.68. The van der Waals surface area contributed by atoms with Gasteiger partial charge in [-0.25, -0.2) is 4.90 Å². The third-order valence-electron chi connectivity index (χ3n) is 3.24. The highest BCUT2D eigenvalue weighted by Crippen LogP contribution is 2.24. The first-order valence-electron chi connectivity index (χ1n) is 5.64. The van der Waals surface area contributed by atoms with Crippen molar-refractivity contribution in [1.29, 1.82) is 0 Å². The molecule has 0 bridgehead atoms. The van der Waals surface area contributed by atoms with Gasteiger partial charge in [0.2, 0.25) is 5.91 Å². The first-order valence-corrected chi connectivity index (χ1v) is 6.01. The molecule has 17 heavy (non-hydrogen) atoms. The number of nitrogens with zero attached hydrogens (tertiary/aromatic N) is 1. The molecule has 0 unspecified atom stereocenters. The Bertz CT molecular complexity index is 499. The third-order valence-corrected chi connectivity index (χ3v) is 3.48. The van der Waals surface area contributed by atoms with Gasteiger partial charge in [0.05, 0.1) is 12.1 Å². The van der Waals surface area contributed by atoms with Crippen molar-refractivity contribution in [3.63, 3.8) is 0 Å². The molecule has 2 amide bonds. The van der Waals surface area contributed by atoms with Gasteiger partial charge in [0.1, 0.15) is 13.1 Å². The van der Waals surface area contributed by atoms with Gasteiger partial charge in [-0.2, -0.15) is 0 Å². The van der Waals surface area contributed by atoms with E-state index in [-0.39, 0.29) is 17.9 Å². The second kappa shape index (κ2) is 3.82. The number of benzene rings is 1. The van der Waals surface area contributed by atoms with Gasteiger partial charge in [-0.15, -0.1) is 0 Å². The van der Waals surface area contributed by atoms with E-state index in [0.717, 1.165) is 13.1 Å². The zero-order chi connectivity index (χ0) is 12.0. The molecular formula is C12H12ClN2O2+. The van der Waals surface area contributed by atoms with Crippen molar-refractivity contribution in [2.75, 3.05) is 18.0 Å². The smallest absolute Gasteiger partial charge is 0.292 e. The van der Waals surface area contributed by atoms with E-state index in [2.05, 4.69) is 0 Å². The van der Waals surface area contributed by atoms with Gasteiger partial charge in [0.25, 0.3) is 5.91 Å². The molecule has 0 radical (unpaired) electrons. The molecule has 2 aliphatic heterocycles. The topological polar surface area (TPSA) is 41.8 Å². The lowest BCUT2D eigenvalue weighted by atomic mass is 10.2. The number of rotatable bonds is 2. The molecule has 1 atom stereocenters. The normalized spacial score (nSPS) is 24.5. The Labute approximate surface area is 104 Å². The fraction of sp³-hybridized carbons (Fsp3) is 0.333. The van der Waals surface area contributed by atoms with Crippen molar-refractivity contribution >= 4 is 29.1 Å². The summed E-state index contributed by atoms with van der Waals surface area (Å²) < 4.78 is 0. The molecule has 1 N–H and O–H groups in total. The monoisotopic (exact) mass is 251 g/mol. The van der Waals surface area contributed by atoms with Crippen LogP contribution in [0.15, 0.2) is 24.3 Å². The van der Waals surface area contributed by atoms with Crippen LogP contribution in [0.4, 0.5) is 5.69 Å². The van der Waals surface area contributed by atoms with E-state index in [0.29, 0.717) is 17.1 Å². The molecule has 0 spiro atoms. The number of anilines is 1. The van der Waals surface area contributed by atoms with Gasteiger partial charge in [-0.1, -0.05) is 17.7 Å². The molecule has 2 fully saturated rings. The molecular weight excluding hydrogens is 240 g/mol. The molecule has 4 nitrogen and oxygen atoms in total. The van der Waals surface area contributed by atoms with E-state index in [1.807, 2.05) is 0 Å². The highest BCUT2D eigenvalue weighted by atomic mass is 35.5. The van der Waals surface area contributed by atoms with E-state index in [1.165, 1.54) is 9.80 Å². The number of hydrogen-bond donors (Lipinski definition) is 1. The van der Waals surface area contributed by atoms with E-state index >= 15 is 0 Å². The number of halogens is 1. The summed E-state index contributed by atoms with van der Waals surface area (Å²) in [7, 11) is 0. The average Bonchev–Trinajstić information content (AvgIpc) is 3.06. The Morgan fingerprint density at radius 1 is 1.29 bits per heavy atom. The van der Waals surface area contributed by atoms with Crippen LogP contribution >= 0.6 is 11.6 Å². The fourth-order valence-electron chi connectivity index (χ4n) is 2.26. The predicted octanol–water partition coefficient (Wildman–Crippen LogP) is -0.130. The Kier molecular flexibility index (Phi) is 2.42. The number of hydrogen-bond acceptors (Lipinski definition) is 2. The van der Waals surface area contributed by atoms with Gasteiger partial charge in [-0.3, -0.25) is 9.59 Å². The molecule has 0 saturated carbocycles. The maximum Gasteiger partial charge on any atom is 0.292 e. The van der Waals surface area contributed by atoms with Gasteiger partial charge in [0.15, 0.2) is 6.04 Å². The molecule has 88 valence electrons. The summed E-state index contributed by atoms with van der Waals surface area (Å²) in [5.41, 5.74) is 0.580. The zero-order valence-corrected chi connectivity index (χ0v) is 9.91. The minimum absolute atomic E-state index is 0.0928. The van der Waals surface area contributed by atoms with Gasteiger partial charge < -0.3 is 4.90 Å². The Morgan fingerprint density at radius 2 is 2.06 bits per heavy atom. The van der Waals surface area contributed by atoms with Crippen molar-refractivity contribution in [3.8, 4) is 0 Å². The van der Waals surface area contributed by atoms with Crippen LogP contribution in [0.5, 0.6) is 0 Å². The first-order chi connectivity index (χ1) is 8.16. The minimum Gasteiger partial charge on any atom is -0.315 e. The molecule has 5 heteroatoms. The van der Waals surface area contributed by atoms with E-state index < -0.39 is 0 Å². The number of carbonyl (C=O) groups excluding carboxylic acids is 2. The summed E-state index contributed by atoms with van der Waals surface area (Å²) in [5.74, 6) is -0.216. The fourth-order valence-corrected chi connectivity index (χ4v) is 2.44. The van der Waals surface area contributed by atoms with Crippen LogP contribution in [0.3, 0.4) is 0 Å². The van der Waals surface area contributed by atoms with E-state index in [4.69, 9.17) is 11.6 Å². The molecule has 2 heterocycles. The molecule has 2 saturated heterocycles. The summed E-state index contributed by atoms with van der Waals surface area (Å²) >= 11 is 5.88. The van der Waals surface area contributed by atoms with Crippen LogP contribution < -0.4 is 9.80 Å². The maximum absolute atomic E-state index is 12.2. The van der Waals surface area contributed by atoms with Gasteiger partial charge in [0, 0.05) is 5.02 Å². The van der Waals surface area contributed by atoms with Crippen molar-refractivity contribution in [3.05, 3.63) is 29.3 Å². The Balaban J connectivity index is 1.92. The lowest BCUT2D eigenvalue weighted by Crippen LogP contribution is -2.98. The summed E-state index contributed by atoms with van der Waals surface area (Å²) in [6.45, 7) is 1.99. The number of imide groups is 1. The summed E-state index contributed by atoms with van der Waals surface area (Å²) in [4.78, 5) is 26.5. The minimum atomic E-state index is -0.179. The zero-order valence-electron chi connectivity index (χ0n) is 9.15. The molecule has 0 aliphatic carbocycles. The van der Waals surface area contributed by atoms with E-state index in [1.54, 1.807) is 24.3 Å². The van der Waals surface area contributed by atoms with Crippen molar-refractivity contribution in [2.24, 2.45) is 0 Å². The summed E-state index contributed by atoms with van der Waals surface area (Å²) in [6.07, 6.45) is 0.320. The van der Waals surface area contributed by atoms with Crippen LogP contribution in [0, 0.1) is 0 Å². The molecule has 3 rings (SSSR count). The molecule has 1 aromatic rings. The standard InChI is InChI=1S/C12H11ClN2O2/c13-8-2-1-3-9(6-8)15-11(16)7-10(12(15)17)14-4-5-14/h1-3,6,10H,4-5,7H2/p+1/t10-/m0/s1. The van der Waals surface area contributed by atoms with Crippen LogP contribution in [0.25, 0.3) is 0 Å². The lowest BCUT2D eigenvalue weighted by molar-refractivity contribution is -0.776. The van der Waals surface area contributed by atoms with Crippen molar-refractivity contribution in [1.82, 2.24) is 0 Å². The number of amides is 2. The lowest BCUT2D eigenvalue weighted by Gasteiger charge is -2.14. The molecule has 2 aliphatic rings. The predicted molar refractivity (Wildman–Crippen MR) is 63.0 cm³/mol. The van der Waals surface area contributed by atoms with Crippen molar-refractivity contribution < 1.29 is 14.5 Å². The number of carbonyl (C=O) groups is 2. The SMILES string of the molecule is O=C1C[C@H]([NH+]2CC2)C(=O)N1c1cccc(Cl)c1. The van der Waals surface area contributed by atoms with Crippen molar-refractivity contribution in [2.45, 2.75) is 12.5 Å². The maximum atomic E-state index is 12.2. The number of quaternary nitrogens is 1. The van der Waals surface area contributed by atoms with Gasteiger partial charge >= 0.3 is 0 Å². The van der Waals surface area contributed by atoms with Crippen LogP contribution in [0.1, 0.15) is 6.42 Å². The van der Waals surface area contributed by atoms with Crippen LogP contribution in [-0.2, 0) is 9.59 Å². The van der Waals surface area contributed by atoms with E-state index in [9.17, 15) is 9.59 Å². The Hall–Kier alpha value is -1.39. The van der Waals surface area contributed by atoms with Crippen LogP contribution in [0.2, 0.25) is 5.02 Å². The molecule has 1 aromatic carbocycles. The van der Waals surface area contributed by atoms with Gasteiger partial charge in [-0.05, 0) is 18.2 Å². The Morgan fingerprint density at radius 3 is 2.71 bits per heavy atom. The average molecular weight is 252 g/mol. The third kappa shape index (κ3) is 1.83. The highest BCUT2D eigenvalue weighted by molar-refractivity contribution is 6.31. The van der Waals surface area contributed by atoms with Crippen LogP contribution in [-0.4, -0.2) is 30.9 Å². The molecule has 0 aromatic heterocycles. The highest BCUT2D eigenvalue weighted by Gasteiger charge is 2.49.